The maximum absolute atomic E-state index is 11.7. The number of hydrogen-bond acceptors (Lipinski definition) is 4. The molecule has 1 heterocycles. The van der Waals surface area contributed by atoms with Crippen LogP contribution in [0.1, 0.15) is 25.7 Å². The van der Waals surface area contributed by atoms with Crippen molar-refractivity contribution in [1.82, 2.24) is 0 Å². The van der Waals surface area contributed by atoms with Gasteiger partial charge in [-0.2, -0.15) is 13.2 Å². The number of hydrogen-bond donors (Lipinski definition) is 4. The lowest BCUT2D eigenvalue weighted by atomic mass is 9.97. The number of carboxylic acids is 2. The molecule has 2 atom stereocenters. The lowest BCUT2D eigenvalue weighted by Gasteiger charge is -2.27. The van der Waals surface area contributed by atoms with Gasteiger partial charge in [0, 0.05) is 6.16 Å². The predicted octanol–water partition coefficient (Wildman–Crippen LogP) is 1.25. The zero-order chi connectivity index (χ0) is 16.9. The Morgan fingerprint density at radius 3 is 2.00 bits per heavy atom. The number of halogens is 3. The van der Waals surface area contributed by atoms with Crippen molar-refractivity contribution in [2.75, 3.05) is 12.7 Å². The maximum Gasteiger partial charge on any atom is 0.490 e. The van der Waals surface area contributed by atoms with Crippen molar-refractivity contribution >= 4 is 19.3 Å². The van der Waals surface area contributed by atoms with Crippen molar-refractivity contribution in [2.45, 2.75) is 37.0 Å². The van der Waals surface area contributed by atoms with Gasteiger partial charge in [-0.25, -0.2) is 4.79 Å². The summed E-state index contributed by atoms with van der Waals surface area (Å²) in [6.07, 6.45) is -3.44. The Kier molecular flexibility index (Phi) is 6.85. The molecule has 2 unspecified atom stereocenters. The smallest absolute Gasteiger partial charge is 0.480 e. The van der Waals surface area contributed by atoms with E-state index >= 15 is 0 Å². The van der Waals surface area contributed by atoms with Crippen LogP contribution in [0.25, 0.3) is 0 Å². The van der Waals surface area contributed by atoms with E-state index < -0.39 is 30.6 Å². The van der Waals surface area contributed by atoms with Gasteiger partial charge in [0.15, 0.2) is 0 Å². The van der Waals surface area contributed by atoms with Crippen LogP contribution in [0.2, 0.25) is 0 Å². The zero-order valence-corrected chi connectivity index (χ0v) is 11.9. The first-order valence-electron chi connectivity index (χ1n) is 5.96. The highest BCUT2D eigenvalue weighted by molar-refractivity contribution is 7.61. The zero-order valence-electron chi connectivity index (χ0n) is 11.0. The lowest BCUT2D eigenvalue weighted by molar-refractivity contribution is -0.192. The third-order valence-corrected chi connectivity index (χ3v) is 6.05. The number of carboxylic acid groups (broad SMARTS) is 2. The quantitative estimate of drug-likeness (QED) is 0.567. The Morgan fingerprint density at radius 1 is 1.29 bits per heavy atom. The molecule has 0 aromatic rings. The second kappa shape index (κ2) is 7.24. The van der Waals surface area contributed by atoms with Crippen LogP contribution < -0.4 is 5.73 Å². The largest absolute Gasteiger partial charge is 0.490 e. The van der Waals surface area contributed by atoms with Crippen molar-refractivity contribution in [2.24, 2.45) is 5.73 Å². The molecule has 0 aliphatic carbocycles. The summed E-state index contributed by atoms with van der Waals surface area (Å²) in [6.45, 7) is 0.356. The minimum Gasteiger partial charge on any atom is -0.480 e. The Hall–Kier alpha value is -1.12. The molecule has 1 fully saturated rings. The standard InChI is InChI=1S/C8H16NO4P.C2HF3O2/c9-5-1-3-8(7(10)11)4-2-6-14(8,12)13;3-2(4,5)1(6)7/h1-6,9H2,(H,10,11)(H,12,13);(H,6,7). The molecule has 21 heavy (non-hydrogen) atoms. The molecule has 1 aliphatic heterocycles. The first-order chi connectivity index (χ1) is 9.40. The predicted molar refractivity (Wildman–Crippen MR) is 66.3 cm³/mol. The van der Waals surface area contributed by atoms with E-state index in [1.807, 2.05) is 0 Å². The molecular weight excluding hydrogens is 318 g/mol. The number of aliphatic carboxylic acids is 2. The minimum atomic E-state index is -5.08. The summed E-state index contributed by atoms with van der Waals surface area (Å²) >= 11 is 0. The minimum absolute atomic E-state index is 0.129. The van der Waals surface area contributed by atoms with E-state index in [0.717, 1.165) is 0 Å². The van der Waals surface area contributed by atoms with E-state index in [4.69, 9.17) is 20.7 Å². The van der Waals surface area contributed by atoms with Crippen molar-refractivity contribution < 1.29 is 42.4 Å². The molecule has 0 saturated carbocycles. The van der Waals surface area contributed by atoms with Crippen molar-refractivity contribution in [1.29, 1.82) is 0 Å². The Bertz CT molecular complexity index is 441. The molecule has 11 heteroatoms. The van der Waals surface area contributed by atoms with Crippen molar-refractivity contribution in [3.8, 4) is 0 Å². The van der Waals surface area contributed by atoms with Gasteiger partial charge in [0.25, 0.3) is 0 Å². The first kappa shape index (κ1) is 19.9. The molecule has 0 aromatic carbocycles. The molecule has 1 rings (SSSR count). The van der Waals surface area contributed by atoms with Crippen LogP contribution in [0.4, 0.5) is 13.2 Å². The highest BCUT2D eigenvalue weighted by Crippen LogP contribution is 2.64. The van der Waals surface area contributed by atoms with Gasteiger partial charge in [-0.05, 0) is 32.2 Å². The van der Waals surface area contributed by atoms with Gasteiger partial charge < -0.3 is 20.8 Å². The molecule has 124 valence electrons. The van der Waals surface area contributed by atoms with E-state index in [2.05, 4.69) is 0 Å². The number of alkyl halides is 3. The van der Waals surface area contributed by atoms with Crippen molar-refractivity contribution in [3.63, 3.8) is 0 Å². The summed E-state index contributed by atoms with van der Waals surface area (Å²) in [4.78, 5) is 29.6. The van der Waals surface area contributed by atoms with E-state index in [1.54, 1.807) is 0 Å². The normalized spacial score (nSPS) is 28.6. The van der Waals surface area contributed by atoms with Crippen LogP contribution in [0, 0.1) is 0 Å². The third kappa shape index (κ3) is 4.98. The summed E-state index contributed by atoms with van der Waals surface area (Å²) in [5.41, 5.74) is 5.29. The number of rotatable bonds is 4. The highest BCUT2D eigenvalue weighted by Gasteiger charge is 2.56. The van der Waals surface area contributed by atoms with Crippen LogP contribution in [-0.4, -0.2) is 51.1 Å². The summed E-state index contributed by atoms with van der Waals surface area (Å²) < 4.78 is 43.5. The SMILES string of the molecule is NCCCC1(C(=O)O)CCCP1(=O)O.O=C(O)C(F)(F)F. The molecule has 0 aromatic heterocycles. The van der Waals surface area contributed by atoms with E-state index in [0.29, 0.717) is 25.8 Å². The fraction of sp³-hybridized carbons (Fsp3) is 0.800. The van der Waals surface area contributed by atoms with Gasteiger partial charge in [0.1, 0.15) is 5.16 Å². The van der Waals surface area contributed by atoms with Gasteiger partial charge >= 0.3 is 18.1 Å². The van der Waals surface area contributed by atoms with Crippen LogP contribution in [0.5, 0.6) is 0 Å². The van der Waals surface area contributed by atoms with Gasteiger partial charge in [-0.1, -0.05) is 0 Å². The maximum atomic E-state index is 11.7. The Balaban J connectivity index is 0.000000486. The summed E-state index contributed by atoms with van der Waals surface area (Å²) in [6, 6.07) is 0. The molecule has 0 bridgehead atoms. The topological polar surface area (TPSA) is 138 Å². The van der Waals surface area contributed by atoms with Gasteiger partial charge in [-0.3, -0.25) is 9.36 Å². The number of nitrogens with two attached hydrogens (primary N) is 1. The fourth-order valence-electron chi connectivity index (χ4n) is 2.03. The first-order valence-corrected chi connectivity index (χ1v) is 7.80. The second-order valence-corrected chi connectivity index (χ2v) is 7.27. The van der Waals surface area contributed by atoms with E-state index in [9.17, 15) is 27.4 Å². The van der Waals surface area contributed by atoms with E-state index in [-0.39, 0.29) is 12.6 Å². The van der Waals surface area contributed by atoms with E-state index in [1.165, 1.54) is 0 Å². The Morgan fingerprint density at radius 2 is 1.76 bits per heavy atom. The van der Waals surface area contributed by atoms with Gasteiger partial charge in [-0.15, -0.1) is 0 Å². The summed E-state index contributed by atoms with van der Waals surface area (Å²) in [7, 11) is -3.53. The summed E-state index contributed by atoms with van der Waals surface area (Å²) in [5, 5.41) is 14.8. The highest BCUT2D eigenvalue weighted by atomic mass is 31.2. The molecule has 1 saturated heterocycles. The molecule has 0 spiro atoms. The Labute approximate surface area is 118 Å². The molecule has 5 N–H and O–H groups in total. The average molecular weight is 335 g/mol. The third-order valence-electron chi connectivity index (χ3n) is 3.16. The second-order valence-electron chi connectivity index (χ2n) is 4.56. The average Bonchev–Trinajstić information content (AvgIpc) is 2.62. The molecule has 7 nitrogen and oxygen atoms in total. The van der Waals surface area contributed by atoms with Crippen molar-refractivity contribution in [3.05, 3.63) is 0 Å². The fourth-order valence-corrected chi connectivity index (χ4v) is 4.36. The van der Waals surface area contributed by atoms with Crippen LogP contribution in [-0.2, 0) is 14.2 Å². The van der Waals surface area contributed by atoms with Crippen LogP contribution in [0.15, 0.2) is 0 Å². The monoisotopic (exact) mass is 335 g/mol. The number of carbonyl (C=O) groups is 2. The van der Waals surface area contributed by atoms with Gasteiger partial charge in [0.2, 0.25) is 7.37 Å². The molecular formula is C10H17F3NO6P. The van der Waals surface area contributed by atoms with Crippen LogP contribution >= 0.6 is 7.37 Å². The van der Waals surface area contributed by atoms with Crippen LogP contribution in [0.3, 0.4) is 0 Å². The summed E-state index contributed by atoms with van der Waals surface area (Å²) in [5.74, 6) is -3.90. The molecule has 0 amide bonds. The molecule has 0 radical (unpaired) electrons. The van der Waals surface area contributed by atoms with Gasteiger partial charge in [0.05, 0.1) is 0 Å². The lowest BCUT2D eigenvalue weighted by Crippen LogP contribution is -2.36. The molecule has 1 aliphatic rings.